The molecule has 6 heteroatoms. The molecule has 0 aliphatic heterocycles. The fraction of sp³-hybridized carbons (Fsp3) is 0.438. The Balaban J connectivity index is 2.89. The average Bonchev–Trinajstić information content (AvgIpc) is 2.50. The molecule has 5 nitrogen and oxygen atoms in total. The number of hydrogen-bond acceptors (Lipinski definition) is 3. The van der Waals surface area contributed by atoms with Gasteiger partial charge in [0.2, 0.25) is 5.91 Å². The van der Waals surface area contributed by atoms with Crippen LogP contribution < -0.4 is 10.6 Å². The van der Waals surface area contributed by atoms with Crippen LogP contribution in [0.5, 0.6) is 0 Å². The Bertz CT molecular complexity index is 558. The van der Waals surface area contributed by atoms with Crippen molar-refractivity contribution in [3.05, 3.63) is 35.1 Å². The van der Waals surface area contributed by atoms with E-state index in [2.05, 4.69) is 10.6 Å². The van der Waals surface area contributed by atoms with Gasteiger partial charge in [0.05, 0.1) is 5.56 Å². The second-order valence-corrected chi connectivity index (χ2v) is 5.28. The molecule has 22 heavy (non-hydrogen) atoms. The highest BCUT2D eigenvalue weighted by Crippen LogP contribution is 2.18. The van der Waals surface area contributed by atoms with Crippen molar-refractivity contribution in [1.82, 2.24) is 10.6 Å². The third-order valence-electron chi connectivity index (χ3n) is 3.35. The highest BCUT2D eigenvalue weighted by atomic mass is 19.1. The van der Waals surface area contributed by atoms with Crippen molar-refractivity contribution in [2.45, 2.75) is 38.6 Å². The van der Waals surface area contributed by atoms with Crippen LogP contribution in [-0.2, 0) is 9.59 Å². The monoisotopic (exact) mass is 308 g/mol. The molecule has 0 spiro atoms. The Morgan fingerprint density at radius 1 is 1.32 bits per heavy atom. The highest BCUT2D eigenvalue weighted by molar-refractivity contribution is 5.97. The van der Waals surface area contributed by atoms with E-state index in [4.69, 9.17) is 0 Å². The third kappa shape index (κ3) is 4.65. The molecule has 0 saturated heterocycles. The van der Waals surface area contributed by atoms with E-state index in [1.54, 1.807) is 6.07 Å². The Morgan fingerprint density at radius 3 is 2.50 bits per heavy atom. The summed E-state index contributed by atoms with van der Waals surface area (Å²) in [6.45, 7) is 3.85. The third-order valence-corrected chi connectivity index (χ3v) is 3.35. The summed E-state index contributed by atoms with van der Waals surface area (Å²) in [6, 6.07) is 3.54. The number of benzene rings is 1. The van der Waals surface area contributed by atoms with Crippen molar-refractivity contribution in [2.24, 2.45) is 0 Å². The largest absolute Gasteiger partial charge is 0.357 e. The molecule has 0 saturated carbocycles. The van der Waals surface area contributed by atoms with Crippen LogP contribution in [0.3, 0.4) is 0 Å². The highest BCUT2D eigenvalue weighted by Gasteiger charge is 2.21. The molecule has 2 amide bonds. The molecule has 0 bridgehead atoms. The first-order valence-electron chi connectivity index (χ1n) is 7.16. The van der Waals surface area contributed by atoms with Crippen LogP contribution in [0.1, 0.15) is 48.5 Å². The van der Waals surface area contributed by atoms with E-state index in [-0.39, 0.29) is 24.3 Å². The minimum Gasteiger partial charge on any atom is -0.357 e. The quantitative estimate of drug-likeness (QED) is 0.754. The van der Waals surface area contributed by atoms with Gasteiger partial charge in [0.25, 0.3) is 5.91 Å². The predicted molar refractivity (Wildman–Crippen MR) is 81.1 cm³/mol. The van der Waals surface area contributed by atoms with Gasteiger partial charge in [-0.25, -0.2) is 4.39 Å². The summed E-state index contributed by atoms with van der Waals surface area (Å²) in [4.78, 5) is 34.2. The Hall–Kier alpha value is -2.24. The molecular weight excluding hydrogens is 287 g/mol. The number of aldehydes is 1. The number of nitrogens with one attached hydrogen (secondary N) is 2. The number of likely N-dealkylation sites (N-methyl/N-ethyl adjacent to an activating group) is 1. The zero-order chi connectivity index (χ0) is 16.7. The van der Waals surface area contributed by atoms with Crippen LogP contribution in [0.25, 0.3) is 0 Å². The number of halogens is 1. The zero-order valence-corrected chi connectivity index (χ0v) is 13.0. The van der Waals surface area contributed by atoms with Gasteiger partial charge in [-0.15, -0.1) is 0 Å². The van der Waals surface area contributed by atoms with Gasteiger partial charge in [-0.1, -0.05) is 19.9 Å². The van der Waals surface area contributed by atoms with Gasteiger partial charge < -0.3 is 15.4 Å². The van der Waals surface area contributed by atoms with E-state index in [0.29, 0.717) is 6.29 Å². The molecule has 1 aromatic rings. The normalized spacial score (nSPS) is 11.9. The molecule has 1 unspecified atom stereocenters. The summed E-state index contributed by atoms with van der Waals surface area (Å²) in [7, 11) is 1.43. The van der Waals surface area contributed by atoms with Gasteiger partial charge in [0, 0.05) is 13.5 Å². The van der Waals surface area contributed by atoms with E-state index < -0.39 is 23.7 Å². The van der Waals surface area contributed by atoms with Crippen molar-refractivity contribution >= 4 is 18.1 Å². The number of rotatable bonds is 7. The lowest BCUT2D eigenvalue weighted by atomic mass is 10.0. The van der Waals surface area contributed by atoms with E-state index in [1.165, 1.54) is 19.2 Å². The Morgan fingerprint density at radius 2 is 2.00 bits per heavy atom. The molecule has 0 aliphatic carbocycles. The number of carbonyl (C=O) groups excluding carboxylic acids is 3. The molecule has 0 fully saturated rings. The number of amides is 2. The maximum atomic E-state index is 14.0. The zero-order valence-electron chi connectivity index (χ0n) is 13.0. The number of carbonyl (C=O) groups is 3. The smallest absolute Gasteiger partial charge is 0.254 e. The fourth-order valence-corrected chi connectivity index (χ4v) is 1.99. The Kier molecular flexibility index (Phi) is 6.69. The minimum atomic E-state index is -0.869. The van der Waals surface area contributed by atoms with Crippen LogP contribution in [0.15, 0.2) is 18.2 Å². The molecule has 0 aromatic heterocycles. The summed E-state index contributed by atoms with van der Waals surface area (Å²) >= 11 is 0. The molecule has 1 atom stereocenters. The van der Waals surface area contributed by atoms with E-state index in [0.717, 1.165) is 5.56 Å². The lowest BCUT2D eigenvalue weighted by Gasteiger charge is -2.17. The lowest BCUT2D eigenvalue weighted by molar-refractivity contribution is -0.122. The number of hydrogen-bond donors (Lipinski definition) is 2. The van der Waals surface area contributed by atoms with Crippen molar-refractivity contribution < 1.29 is 18.8 Å². The molecule has 0 aliphatic rings. The molecule has 120 valence electrons. The standard InChI is InChI=1S/C16H21FN2O3/c1-10(2)11-6-7-12(13(17)9-11)15(21)19-14(5-4-8-20)16(22)18-3/h6-10,14H,4-5H2,1-3H3,(H,18,22)(H,19,21). The van der Waals surface area contributed by atoms with Gasteiger partial charge in [-0.2, -0.15) is 0 Å². The predicted octanol–water partition coefficient (Wildman–Crippen LogP) is 1.77. The summed E-state index contributed by atoms with van der Waals surface area (Å²) in [6.07, 6.45) is 0.966. The second kappa shape index (κ2) is 8.26. The topological polar surface area (TPSA) is 75.3 Å². The summed E-state index contributed by atoms with van der Waals surface area (Å²) in [5, 5.41) is 4.86. The molecular formula is C16H21FN2O3. The van der Waals surface area contributed by atoms with Crippen molar-refractivity contribution in [2.75, 3.05) is 7.05 Å². The van der Waals surface area contributed by atoms with E-state index in [9.17, 15) is 18.8 Å². The first-order valence-corrected chi connectivity index (χ1v) is 7.16. The van der Waals surface area contributed by atoms with Crippen LogP contribution in [0, 0.1) is 5.82 Å². The SMILES string of the molecule is CNC(=O)C(CCC=O)NC(=O)c1ccc(C(C)C)cc1F. The summed E-state index contributed by atoms with van der Waals surface area (Å²) in [5.41, 5.74) is 0.669. The molecule has 0 heterocycles. The van der Waals surface area contributed by atoms with E-state index in [1.807, 2.05) is 13.8 Å². The second-order valence-electron chi connectivity index (χ2n) is 5.28. The first kappa shape index (κ1) is 17.8. The molecule has 0 radical (unpaired) electrons. The first-order chi connectivity index (χ1) is 10.4. The van der Waals surface area contributed by atoms with Gasteiger partial charge in [-0.05, 0) is 30.0 Å². The lowest BCUT2D eigenvalue weighted by Crippen LogP contribution is -2.45. The Labute approximate surface area is 129 Å². The van der Waals surface area contributed by atoms with Gasteiger partial charge in [-0.3, -0.25) is 9.59 Å². The average molecular weight is 308 g/mol. The van der Waals surface area contributed by atoms with Crippen molar-refractivity contribution in [3.63, 3.8) is 0 Å². The maximum absolute atomic E-state index is 14.0. The van der Waals surface area contributed by atoms with Crippen LogP contribution in [0.2, 0.25) is 0 Å². The summed E-state index contributed by atoms with van der Waals surface area (Å²) < 4.78 is 14.0. The molecule has 1 aromatic carbocycles. The van der Waals surface area contributed by atoms with Crippen LogP contribution in [-0.4, -0.2) is 31.2 Å². The van der Waals surface area contributed by atoms with Crippen LogP contribution in [0.4, 0.5) is 4.39 Å². The fourth-order valence-electron chi connectivity index (χ4n) is 1.99. The summed E-state index contributed by atoms with van der Waals surface area (Å²) in [5.74, 6) is -1.57. The minimum absolute atomic E-state index is 0.121. The molecule has 2 N–H and O–H groups in total. The van der Waals surface area contributed by atoms with Gasteiger partial charge >= 0.3 is 0 Å². The van der Waals surface area contributed by atoms with Gasteiger partial charge in [0.1, 0.15) is 18.1 Å². The van der Waals surface area contributed by atoms with E-state index >= 15 is 0 Å². The van der Waals surface area contributed by atoms with Crippen LogP contribution >= 0.6 is 0 Å². The van der Waals surface area contributed by atoms with Crippen molar-refractivity contribution in [3.8, 4) is 0 Å². The van der Waals surface area contributed by atoms with Crippen molar-refractivity contribution in [1.29, 1.82) is 0 Å². The maximum Gasteiger partial charge on any atom is 0.254 e. The van der Waals surface area contributed by atoms with Gasteiger partial charge in [0.15, 0.2) is 0 Å². The molecule has 1 rings (SSSR count).